The zero-order valence-corrected chi connectivity index (χ0v) is 15.5. The summed E-state index contributed by atoms with van der Waals surface area (Å²) in [5, 5.41) is 2.98. The lowest BCUT2D eigenvalue weighted by Gasteiger charge is -2.17. The zero-order chi connectivity index (χ0) is 20.4. The monoisotopic (exact) mass is 389 g/mol. The van der Waals surface area contributed by atoms with Crippen LogP contribution in [0.25, 0.3) is 0 Å². The third kappa shape index (κ3) is 4.16. The maximum atomic E-state index is 13.8. The molecule has 0 saturated carbocycles. The Kier molecular flexibility index (Phi) is 5.39. The molecule has 0 radical (unpaired) electrons. The molecule has 0 amide bonds. The first kappa shape index (κ1) is 19.5. The van der Waals surface area contributed by atoms with Crippen LogP contribution in [0.15, 0.2) is 41.3 Å². The van der Waals surface area contributed by atoms with Crippen LogP contribution in [0.5, 0.6) is 5.75 Å². The molecule has 3 aromatic rings. The molecule has 5 nitrogen and oxygen atoms in total. The molecule has 0 unspecified atom stereocenters. The number of methoxy groups -OCH3 is 1. The molecule has 28 heavy (non-hydrogen) atoms. The first-order valence-corrected chi connectivity index (χ1v) is 8.41. The van der Waals surface area contributed by atoms with Gasteiger partial charge in [-0.25, -0.2) is 8.78 Å². The maximum Gasteiger partial charge on any atom is 0.310 e. The van der Waals surface area contributed by atoms with Crippen molar-refractivity contribution in [2.24, 2.45) is 0 Å². The van der Waals surface area contributed by atoms with Crippen LogP contribution in [-0.4, -0.2) is 16.7 Å². The van der Waals surface area contributed by atoms with Crippen molar-refractivity contribution in [3.05, 3.63) is 81.0 Å². The van der Waals surface area contributed by atoms with Crippen LogP contribution in [0.4, 0.5) is 24.8 Å². The summed E-state index contributed by atoms with van der Waals surface area (Å²) in [6, 6.07) is 6.61. The molecule has 8 heteroatoms. The largest absolute Gasteiger partial charge is 0.496 e. The fourth-order valence-corrected chi connectivity index (χ4v) is 2.89. The van der Waals surface area contributed by atoms with Crippen LogP contribution in [0.2, 0.25) is 0 Å². The molecule has 0 spiro atoms. The Balaban J connectivity index is 2.04. The molecule has 2 aromatic carbocycles. The van der Waals surface area contributed by atoms with Crippen molar-refractivity contribution >= 4 is 11.6 Å². The van der Waals surface area contributed by atoms with Crippen molar-refractivity contribution in [3.63, 3.8) is 0 Å². The van der Waals surface area contributed by atoms with Gasteiger partial charge in [-0.05, 0) is 42.7 Å². The number of nitrogens with zero attached hydrogens (tertiary/aromatic N) is 2. The second-order valence-corrected chi connectivity index (χ2v) is 6.38. The molecular formula is C20H18F3N3O2. The number of benzene rings is 2. The van der Waals surface area contributed by atoms with Gasteiger partial charge in [-0.1, -0.05) is 6.07 Å². The predicted octanol–water partition coefficient (Wildman–Crippen LogP) is 4.08. The van der Waals surface area contributed by atoms with Crippen LogP contribution in [0, 0.1) is 31.3 Å². The topological polar surface area (TPSA) is 56.1 Å². The van der Waals surface area contributed by atoms with Crippen LogP contribution in [-0.2, 0) is 6.54 Å². The van der Waals surface area contributed by atoms with Gasteiger partial charge in [0, 0.05) is 24.0 Å². The molecular weight excluding hydrogens is 371 g/mol. The van der Waals surface area contributed by atoms with E-state index in [1.165, 1.54) is 11.7 Å². The number of rotatable bonds is 5. The lowest BCUT2D eigenvalue weighted by atomic mass is 10.1. The molecule has 3 rings (SSSR count). The molecule has 0 bridgehead atoms. The lowest BCUT2D eigenvalue weighted by molar-refractivity contribution is 0.412. The summed E-state index contributed by atoms with van der Waals surface area (Å²) in [5.41, 5.74) is 1.58. The van der Waals surface area contributed by atoms with Crippen LogP contribution < -0.4 is 15.6 Å². The first-order chi connectivity index (χ1) is 13.3. The van der Waals surface area contributed by atoms with E-state index in [0.29, 0.717) is 11.4 Å². The summed E-state index contributed by atoms with van der Waals surface area (Å²) in [7, 11) is 1.53. The minimum absolute atomic E-state index is 0.0325. The summed E-state index contributed by atoms with van der Waals surface area (Å²) in [5.74, 6) is -1.92. The van der Waals surface area contributed by atoms with E-state index in [9.17, 15) is 18.0 Å². The standard InChI is InChI=1S/C20H18F3N3O2/c1-11-4-12(2)18(28-3)8-17(11)24-20-25-19(27)16(23)10-26(20)9-13-5-14(21)7-15(22)6-13/h4-8,10H,9H2,1-3H3,(H,24,25,27). The highest BCUT2D eigenvalue weighted by molar-refractivity contribution is 5.62. The highest BCUT2D eigenvalue weighted by Crippen LogP contribution is 2.28. The number of nitrogens with one attached hydrogen (secondary N) is 1. The minimum atomic E-state index is -1.07. The fraction of sp³-hybridized carbons (Fsp3) is 0.200. The van der Waals surface area contributed by atoms with Crippen molar-refractivity contribution in [1.29, 1.82) is 0 Å². The molecule has 1 aromatic heterocycles. The average Bonchev–Trinajstić information content (AvgIpc) is 2.60. The van der Waals surface area contributed by atoms with Gasteiger partial charge in [0.05, 0.1) is 13.7 Å². The third-order valence-electron chi connectivity index (χ3n) is 4.22. The summed E-state index contributed by atoms with van der Waals surface area (Å²) in [6.07, 6.45) is 0.946. The second kappa shape index (κ2) is 7.75. The molecule has 0 aliphatic carbocycles. The normalized spacial score (nSPS) is 10.8. The molecule has 1 N–H and O–H groups in total. The third-order valence-corrected chi connectivity index (χ3v) is 4.22. The smallest absolute Gasteiger partial charge is 0.310 e. The van der Waals surface area contributed by atoms with E-state index in [1.807, 2.05) is 19.9 Å². The van der Waals surface area contributed by atoms with Crippen molar-refractivity contribution < 1.29 is 17.9 Å². The summed E-state index contributed by atoms with van der Waals surface area (Å²) < 4.78 is 47.3. The number of ether oxygens (including phenoxy) is 1. The SMILES string of the molecule is COc1cc(Nc2nc(=O)c(F)cn2Cc2cc(F)cc(F)c2)c(C)cc1C. The van der Waals surface area contributed by atoms with Gasteiger partial charge in [0.15, 0.2) is 0 Å². The van der Waals surface area contributed by atoms with Crippen molar-refractivity contribution in [3.8, 4) is 5.75 Å². The molecule has 0 fully saturated rings. The quantitative estimate of drug-likeness (QED) is 0.715. The minimum Gasteiger partial charge on any atom is -0.496 e. The summed E-state index contributed by atoms with van der Waals surface area (Å²) >= 11 is 0. The Bertz CT molecular complexity index is 1080. The van der Waals surface area contributed by atoms with Crippen LogP contribution in [0.3, 0.4) is 0 Å². The van der Waals surface area contributed by atoms with Crippen molar-refractivity contribution in [2.75, 3.05) is 12.4 Å². The fourth-order valence-electron chi connectivity index (χ4n) is 2.89. The Hall–Kier alpha value is -3.29. The van der Waals surface area contributed by atoms with E-state index >= 15 is 0 Å². The number of anilines is 2. The van der Waals surface area contributed by atoms with Crippen molar-refractivity contribution in [2.45, 2.75) is 20.4 Å². The average molecular weight is 389 g/mol. The van der Waals surface area contributed by atoms with E-state index in [1.54, 1.807) is 6.07 Å². The lowest BCUT2D eigenvalue weighted by Crippen LogP contribution is -2.20. The van der Waals surface area contributed by atoms with E-state index in [0.717, 1.165) is 35.5 Å². The Morgan fingerprint density at radius 1 is 1.04 bits per heavy atom. The predicted molar refractivity (Wildman–Crippen MR) is 99.7 cm³/mol. The van der Waals surface area contributed by atoms with Gasteiger partial charge in [0.2, 0.25) is 11.8 Å². The van der Waals surface area contributed by atoms with Crippen molar-refractivity contribution in [1.82, 2.24) is 9.55 Å². The van der Waals surface area contributed by atoms with Crippen LogP contribution in [0.1, 0.15) is 16.7 Å². The molecule has 0 atom stereocenters. The van der Waals surface area contributed by atoms with Crippen LogP contribution >= 0.6 is 0 Å². The number of halogens is 3. The van der Waals surface area contributed by atoms with E-state index in [-0.39, 0.29) is 18.1 Å². The van der Waals surface area contributed by atoms with Gasteiger partial charge in [0.1, 0.15) is 17.4 Å². The number of aromatic nitrogens is 2. The first-order valence-electron chi connectivity index (χ1n) is 8.41. The van der Waals surface area contributed by atoms with Gasteiger partial charge < -0.3 is 14.6 Å². The molecule has 0 aliphatic heterocycles. The highest BCUT2D eigenvalue weighted by atomic mass is 19.1. The molecule has 0 saturated heterocycles. The van der Waals surface area contributed by atoms with E-state index in [4.69, 9.17) is 4.74 Å². The molecule has 146 valence electrons. The zero-order valence-electron chi connectivity index (χ0n) is 15.5. The van der Waals surface area contributed by atoms with E-state index < -0.39 is 23.0 Å². The Morgan fingerprint density at radius 3 is 2.36 bits per heavy atom. The van der Waals surface area contributed by atoms with Gasteiger partial charge >= 0.3 is 5.56 Å². The van der Waals surface area contributed by atoms with E-state index in [2.05, 4.69) is 10.3 Å². The molecule has 1 heterocycles. The van der Waals surface area contributed by atoms with Gasteiger partial charge in [-0.3, -0.25) is 4.79 Å². The summed E-state index contributed by atoms with van der Waals surface area (Å²) in [6.45, 7) is 3.64. The second-order valence-electron chi connectivity index (χ2n) is 6.38. The number of hydrogen-bond donors (Lipinski definition) is 1. The maximum absolute atomic E-state index is 13.8. The number of aryl methyl sites for hydroxylation is 2. The number of hydrogen-bond acceptors (Lipinski definition) is 4. The highest BCUT2D eigenvalue weighted by Gasteiger charge is 2.13. The van der Waals surface area contributed by atoms with Gasteiger partial charge in [-0.2, -0.15) is 9.37 Å². The molecule has 0 aliphatic rings. The van der Waals surface area contributed by atoms with Gasteiger partial charge in [0.25, 0.3) is 0 Å². The summed E-state index contributed by atoms with van der Waals surface area (Å²) in [4.78, 5) is 15.4. The van der Waals surface area contributed by atoms with Gasteiger partial charge in [-0.15, -0.1) is 0 Å². The Labute approximate surface area is 159 Å². The Morgan fingerprint density at radius 2 is 1.71 bits per heavy atom.